The molecule has 3 N–H and O–H groups in total. The molecule has 0 radical (unpaired) electrons. The second kappa shape index (κ2) is 7.07. The first-order valence-corrected chi connectivity index (χ1v) is 7.48. The molecular weight excluding hydrogens is 256 g/mol. The van der Waals surface area contributed by atoms with Crippen LogP contribution in [-0.2, 0) is 14.3 Å². The lowest BCUT2D eigenvalue weighted by Gasteiger charge is -2.31. The van der Waals surface area contributed by atoms with Crippen molar-refractivity contribution in [3.8, 4) is 0 Å². The SMILES string of the molecule is CCOC(=O)C1CCC(NC(=O)[C@H](N)C(C)(C)C)CC1. The van der Waals surface area contributed by atoms with Crippen molar-refractivity contribution in [1.82, 2.24) is 5.32 Å². The number of nitrogens with one attached hydrogen (secondary N) is 1. The standard InChI is InChI=1S/C15H28N2O3/c1-5-20-14(19)10-6-8-11(9-7-10)17-13(18)12(16)15(2,3)4/h10-12H,5-9,16H2,1-4H3,(H,17,18)/t10?,11?,12-/m0/s1. The molecule has 116 valence electrons. The van der Waals surface area contributed by atoms with Gasteiger partial charge in [-0.15, -0.1) is 0 Å². The fourth-order valence-electron chi connectivity index (χ4n) is 2.42. The molecule has 1 amide bonds. The van der Waals surface area contributed by atoms with Crippen LogP contribution in [0.1, 0.15) is 53.4 Å². The van der Waals surface area contributed by atoms with Crippen molar-refractivity contribution in [1.29, 1.82) is 0 Å². The number of esters is 1. The molecule has 0 aromatic rings. The van der Waals surface area contributed by atoms with Crippen molar-refractivity contribution in [2.75, 3.05) is 6.61 Å². The maximum atomic E-state index is 12.0. The molecule has 0 heterocycles. The molecular formula is C15H28N2O3. The Kier molecular flexibility index (Phi) is 5.99. The van der Waals surface area contributed by atoms with E-state index in [1.54, 1.807) is 0 Å². The third-order valence-corrected chi connectivity index (χ3v) is 3.91. The Hall–Kier alpha value is -1.10. The summed E-state index contributed by atoms with van der Waals surface area (Å²) in [4.78, 5) is 23.7. The van der Waals surface area contributed by atoms with Crippen molar-refractivity contribution < 1.29 is 14.3 Å². The number of rotatable bonds is 4. The predicted molar refractivity (Wildman–Crippen MR) is 78.0 cm³/mol. The zero-order valence-electron chi connectivity index (χ0n) is 13.1. The average molecular weight is 284 g/mol. The zero-order chi connectivity index (χ0) is 15.3. The van der Waals surface area contributed by atoms with Crippen LogP contribution in [0, 0.1) is 11.3 Å². The molecule has 20 heavy (non-hydrogen) atoms. The molecule has 0 bridgehead atoms. The van der Waals surface area contributed by atoms with Crippen molar-refractivity contribution in [3.63, 3.8) is 0 Å². The lowest BCUT2D eigenvalue weighted by atomic mass is 9.84. The first kappa shape index (κ1) is 17.0. The molecule has 1 aliphatic rings. The molecule has 0 spiro atoms. The summed E-state index contributed by atoms with van der Waals surface area (Å²) in [6.07, 6.45) is 3.17. The minimum atomic E-state index is -0.509. The van der Waals surface area contributed by atoms with Gasteiger partial charge >= 0.3 is 5.97 Å². The van der Waals surface area contributed by atoms with Crippen LogP contribution in [0.2, 0.25) is 0 Å². The van der Waals surface area contributed by atoms with Gasteiger partial charge in [-0.3, -0.25) is 9.59 Å². The van der Waals surface area contributed by atoms with Gasteiger partial charge in [0.25, 0.3) is 0 Å². The highest BCUT2D eigenvalue weighted by atomic mass is 16.5. The number of amides is 1. The summed E-state index contributed by atoms with van der Waals surface area (Å²) in [7, 11) is 0. The van der Waals surface area contributed by atoms with Gasteiger partial charge in [0.15, 0.2) is 0 Å². The van der Waals surface area contributed by atoms with Gasteiger partial charge in [-0.1, -0.05) is 20.8 Å². The Morgan fingerprint density at radius 3 is 2.25 bits per heavy atom. The van der Waals surface area contributed by atoms with Gasteiger partial charge in [0, 0.05) is 6.04 Å². The molecule has 1 saturated carbocycles. The van der Waals surface area contributed by atoms with Gasteiger partial charge in [-0.2, -0.15) is 0 Å². The summed E-state index contributed by atoms with van der Waals surface area (Å²) < 4.78 is 5.03. The molecule has 1 rings (SSSR count). The summed E-state index contributed by atoms with van der Waals surface area (Å²) in [5.41, 5.74) is 5.70. The molecule has 1 aliphatic carbocycles. The second-order valence-corrected chi connectivity index (χ2v) is 6.65. The molecule has 1 fully saturated rings. The third kappa shape index (κ3) is 4.78. The van der Waals surface area contributed by atoms with Crippen molar-refractivity contribution in [3.05, 3.63) is 0 Å². The van der Waals surface area contributed by atoms with E-state index in [4.69, 9.17) is 10.5 Å². The summed E-state index contributed by atoms with van der Waals surface area (Å²) in [6, 6.07) is -0.383. The van der Waals surface area contributed by atoms with Gasteiger partial charge < -0.3 is 15.8 Å². The minimum Gasteiger partial charge on any atom is -0.466 e. The van der Waals surface area contributed by atoms with Crippen LogP contribution in [-0.4, -0.2) is 30.6 Å². The summed E-state index contributed by atoms with van der Waals surface area (Å²) in [5.74, 6) is -0.222. The summed E-state index contributed by atoms with van der Waals surface area (Å²) >= 11 is 0. The van der Waals surface area contributed by atoms with Crippen LogP contribution in [0.4, 0.5) is 0 Å². The predicted octanol–water partition coefficient (Wildman–Crippen LogP) is 1.60. The Labute approximate surface area is 121 Å². The van der Waals surface area contributed by atoms with Gasteiger partial charge in [-0.25, -0.2) is 0 Å². The van der Waals surface area contributed by atoms with Crippen molar-refractivity contribution in [2.45, 2.75) is 65.5 Å². The monoisotopic (exact) mass is 284 g/mol. The van der Waals surface area contributed by atoms with Crippen LogP contribution in [0.5, 0.6) is 0 Å². The number of carbonyl (C=O) groups excluding carboxylic acids is 2. The molecule has 0 unspecified atom stereocenters. The summed E-state index contributed by atoms with van der Waals surface area (Å²) in [5, 5.41) is 3.00. The Morgan fingerprint density at radius 2 is 1.80 bits per heavy atom. The van der Waals surface area contributed by atoms with E-state index >= 15 is 0 Å². The largest absolute Gasteiger partial charge is 0.466 e. The fourth-order valence-corrected chi connectivity index (χ4v) is 2.42. The van der Waals surface area contributed by atoms with E-state index in [9.17, 15) is 9.59 Å². The highest BCUT2D eigenvalue weighted by Gasteiger charge is 2.31. The highest BCUT2D eigenvalue weighted by Crippen LogP contribution is 2.26. The quantitative estimate of drug-likeness (QED) is 0.768. The Bertz CT molecular complexity index is 342. The van der Waals surface area contributed by atoms with E-state index in [0.717, 1.165) is 25.7 Å². The molecule has 5 heteroatoms. The molecule has 0 saturated heterocycles. The van der Waals surface area contributed by atoms with Crippen LogP contribution in [0.15, 0.2) is 0 Å². The maximum Gasteiger partial charge on any atom is 0.308 e. The fraction of sp³-hybridized carbons (Fsp3) is 0.867. The number of hydrogen-bond acceptors (Lipinski definition) is 4. The molecule has 0 aromatic carbocycles. The maximum absolute atomic E-state index is 12.0. The molecule has 0 aromatic heterocycles. The lowest BCUT2D eigenvalue weighted by molar-refractivity contribution is -0.149. The van der Waals surface area contributed by atoms with E-state index in [0.29, 0.717) is 6.61 Å². The van der Waals surface area contributed by atoms with Crippen molar-refractivity contribution in [2.24, 2.45) is 17.1 Å². The van der Waals surface area contributed by atoms with Gasteiger partial charge in [0.2, 0.25) is 5.91 Å². The third-order valence-electron chi connectivity index (χ3n) is 3.91. The number of hydrogen-bond donors (Lipinski definition) is 2. The minimum absolute atomic E-state index is 0.0145. The Balaban J connectivity index is 2.39. The van der Waals surface area contributed by atoms with Gasteiger partial charge in [-0.05, 0) is 38.0 Å². The number of nitrogens with two attached hydrogens (primary N) is 1. The summed E-state index contributed by atoms with van der Waals surface area (Å²) in [6.45, 7) is 8.10. The first-order valence-electron chi connectivity index (χ1n) is 7.48. The van der Waals surface area contributed by atoms with E-state index in [-0.39, 0.29) is 29.3 Å². The van der Waals surface area contributed by atoms with Crippen LogP contribution < -0.4 is 11.1 Å². The van der Waals surface area contributed by atoms with E-state index in [2.05, 4.69) is 5.32 Å². The smallest absolute Gasteiger partial charge is 0.308 e. The average Bonchev–Trinajstić information content (AvgIpc) is 2.37. The number of ether oxygens (including phenoxy) is 1. The molecule has 0 aliphatic heterocycles. The van der Waals surface area contributed by atoms with Crippen molar-refractivity contribution >= 4 is 11.9 Å². The van der Waals surface area contributed by atoms with E-state index in [1.807, 2.05) is 27.7 Å². The first-order chi connectivity index (χ1) is 9.25. The normalized spacial score (nSPS) is 24.9. The zero-order valence-corrected chi connectivity index (χ0v) is 13.1. The van der Waals surface area contributed by atoms with E-state index in [1.165, 1.54) is 0 Å². The molecule has 5 nitrogen and oxygen atoms in total. The van der Waals surface area contributed by atoms with Crippen LogP contribution >= 0.6 is 0 Å². The Morgan fingerprint density at radius 1 is 1.25 bits per heavy atom. The molecule has 1 atom stereocenters. The van der Waals surface area contributed by atoms with Gasteiger partial charge in [0.1, 0.15) is 0 Å². The number of carbonyl (C=O) groups is 2. The topological polar surface area (TPSA) is 81.4 Å². The van der Waals surface area contributed by atoms with Crippen LogP contribution in [0.3, 0.4) is 0 Å². The van der Waals surface area contributed by atoms with E-state index < -0.39 is 6.04 Å². The second-order valence-electron chi connectivity index (χ2n) is 6.65. The van der Waals surface area contributed by atoms with Gasteiger partial charge in [0.05, 0.1) is 18.6 Å². The highest BCUT2D eigenvalue weighted by molar-refractivity contribution is 5.82. The lowest BCUT2D eigenvalue weighted by Crippen LogP contribution is -2.52. The van der Waals surface area contributed by atoms with Crippen LogP contribution in [0.25, 0.3) is 0 Å².